The van der Waals surface area contributed by atoms with Crippen molar-refractivity contribution in [1.29, 1.82) is 0 Å². The number of alkyl halides is 1. The van der Waals surface area contributed by atoms with Crippen LogP contribution in [0.3, 0.4) is 0 Å². The third-order valence-electron chi connectivity index (χ3n) is 2.83. The predicted molar refractivity (Wildman–Crippen MR) is 51.1 cm³/mol. The molecule has 1 fully saturated rings. The van der Waals surface area contributed by atoms with Crippen LogP contribution in [-0.2, 0) is 4.74 Å². The molecule has 1 rings (SSSR count). The van der Waals surface area contributed by atoms with E-state index in [0.717, 1.165) is 0 Å². The van der Waals surface area contributed by atoms with E-state index in [1.807, 2.05) is 0 Å². The Morgan fingerprint density at radius 3 is 2.27 bits per heavy atom. The fourth-order valence-corrected chi connectivity index (χ4v) is 2.23. The molecule has 0 saturated heterocycles. The quantitative estimate of drug-likeness (QED) is 0.663. The standard InChI is InChI=1S/C9H17BrO/c1-7(11-3)6-9(4-5-9)8(2)10/h7-8H,4-6H2,1-3H3. The minimum absolute atomic E-state index is 0.414. The van der Waals surface area contributed by atoms with Crippen LogP contribution in [0.4, 0.5) is 0 Å². The molecule has 0 amide bonds. The summed E-state index contributed by atoms with van der Waals surface area (Å²) in [4.78, 5) is 0.646. The van der Waals surface area contributed by atoms with Gasteiger partial charge in [-0.25, -0.2) is 0 Å². The molecule has 0 bridgehead atoms. The van der Waals surface area contributed by atoms with Crippen molar-refractivity contribution in [3.63, 3.8) is 0 Å². The Morgan fingerprint density at radius 2 is 2.00 bits per heavy atom. The molecule has 0 aliphatic heterocycles. The van der Waals surface area contributed by atoms with E-state index in [4.69, 9.17) is 4.74 Å². The molecule has 2 atom stereocenters. The van der Waals surface area contributed by atoms with Crippen LogP contribution in [0.25, 0.3) is 0 Å². The Balaban J connectivity index is 2.35. The number of hydrogen-bond donors (Lipinski definition) is 0. The van der Waals surface area contributed by atoms with Crippen molar-refractivity contribution in [2.24, 2.45) is 5.41 Å². The maximum absolute atomic E-state index is 5.26. The van der Waals surface area contributed by atoms with Crippen molar-refractivity contribution in [3.8, 4) is 0 Å². The highest BCUT2D eigenvalue weighted by Gasteiger charge is 2.46. The van der Waals surface area contributed by atoms with Crippen molar-refractivity contribution < 1.29 is 4.74 Å². The zero-order valence-electron chi connectivity index (χ0n) is 7.56. The molecule has 0 heterocycles. The van der Waals surface area contributed by atoms with E-state index in [1.165, 1.54) is 19.3 Å². The molecule has 1 nitrogen and oxygen atoms in total. The van der Waals surface area contributed by atoms with Crippen LogP contribution in [0.1, 0.15) is 33.1 Å². The van der Waals surface area contributed by atoms with Gasteiger partial charge >= 0.3 is 0 Å². The van der Waals surface area contributed by atoms with Gasteiger partial charge in [0.1, 0.15) is 0 Å². The molecule has 1 aliphatic rings. The molecule has 0 N–H and O–H groups in total. The monoisotopic (exact) mass is 220 g/mol. The maximum atomic E-state index is 5.26. The number of rotatable bonds is 4. The number of halogens is 1. The molecule has 0 aromatic carbocycles. The second kappa shape index (κ2) is 3.44. The zero-order chi connectivity index (χ0) is 8.48. The van der Waals surface area contributed by atoms with Gasteiger partial charge < -0.3 is 4.74 Å². The first-order valence-electron chi connectivity index (χ1n) is 4.27. The van der Waals surface area contributed by atoms with Crippen molar-refractivity contribution in [3.05, 3.63) is 0 Å². The largest absolute Gasteiger partial charge is 0.382 e. The third-order valence-corrected chi connectivity index (χ3v) is 3.80. The maximum Gasteiger partial charge on any atom is 0.0548 e. The first-order chi connectivity index (χ1) is 5.10. The fourth-order valence-electron chi connectivity index (χ4n) is 1.58. The topological polar surface area (TPSA) is 9.23 Å². The van der Waals surface area contributed by atoms with Crippen LogP contribution in [0.2, 0.25) is 0 Å². The van der Waals surface area contributed by atoms with Gasteiger partial charge in [0.2, 0.25) is 0 Å². The number of ether oxygens (including phenoxy) is 1. The summed E-state index contributed by atoms with van der Waals surface area (Å²) in [6, 6.07) is 0. The summed E-state index contributed by atoms with van der Waals surface area (Å²) in [6.07, 6.45) is 4.35. The Bertz CT molecular complexity index is 130. The molecular weight excluding hydrogens is 204 g/mol. The fraction of sp³-hybridized carbons (Fsp3) is 1.00. The van der Waals surface area contributed by atoms with Crippen molar-refractivity contribution >= 4 is 15.9 Å². The number of hydrogen-bond acceptors (Lipinski definition) is 1. The van der Waals surface area contributed by atoms with Crippen molar-refractivity contribution in [2.75, 3.05) is 7.11 Å². The summed E-state index contributed by atoms with van der Waals surface area (Å²) in [5.41, 5.74) is 0.565. The van der Waals surface area contributed by atoms with Crippen LogP contribution < -0.4 is 0 Å². The average molecular weight is 221 g/mol. The first kappa shape index (κ1) is 9.53. The SMILES string of the molecule is COC(C)CC1(C(C)Br)CC1. The highest BCUT2D eigenvalue weighted by molar-refractivity contribution is 9.09. The van der Waals surface area contributed by atoms with Gasteiger partial charge in [0.05, 0.1) is 6.10 Å². The Labute approximate surface area is 77.6 Å². The summed E-state index contributed by atoms with van der Waals surface area (Å²) in [5.74, 6) is 0. The van der Waals surface area contributed by atoms with Crippen molar-refractivity contribution in [2.45, 2.75) is 44.0 Å². The molecule has 11 heavy (non-hydrogen) atoms. The highest BCUT2D eigenvalue weighted by atomic mass is 79.9. The first-order valence-corrected chi connectivity index (χ1v) is 5.19. The number of methoxy groups -OCH3 is 1. The molecule has 2 heteroatoms. The third kappa shape index (κ3) is 2.19. The lowest BCUT2D eigenvalue weighted by Crippen LogP contribution is -2.19. The lowest BCUT2D eigenvalue weighted by molar-refractivity contribution is 0.0910. The summed E-state index contributed by atoms with van der Waals surface area (Å²) >= 11 is 3.66. The van der Waals surface area contributed by atoms with E-state index in [9.17, 15) is 0 Å². The van der Waals surface area contributed by atoms with Gasteiger partial charge in [-0.1, -0.05) is 22.9 Å². The van der Waals surface area contributed by atoms with Crippen LogP contribution >= 0.6 is 15.9 Å². The summed E-state index contributed by atoms with van der Waals surface area (Å²) < 4.78 is 5.26. The van der Waals surface area contributed by atoms with E-state index in [1.54, 1.807) is 7.11 Å². The van der Waals surface area contributed by atoms with Crippen LogP contribution in [-0.4, -0.2) is 18.0 Å². The van der Waals surface area contributed by atoms with Gasteiger partial charge in [-0.05, 0) is 31.6 Å². The van der Waals surface area contributed by atoms with Crippen molar-refractivity contribution in [1.82, 2.24) is 0 Å². The molecule has 1 saturated carbocycles. The lowest BCUT2D eigenvalue weighted by Gasteiger charge is -2.21. The highest BCUT2D eigenvalue weighted by Crippen LogP contribution is 2.55. The summed E-state index contributed by atoms with van der Waals surface area (Å²) in [5, 5.41) is 0. The van der Waals surface area contributed by atoms with Crippen LogP contribution in [0.15, 0.2) is 0 Å². The molecular formula is C9H17BrO. The summed E-state index contributed by atoms with van der Waals surface area (Å²) in [6.45, 7) is 4.39. The molecule has 1 aliphatic carbocycles. The Kier molecular flexibility index (Phi) is 2.98. The Hall–Kier alpha value is 0.440. The van der Waals surface area contributed by atoms with Gasteiger partial charge in [-0.15, -0.1) is 0 Å². The molecule has 0 aromatic heterocycles. The van der Waals surface area contributed by atoms with E-state index in [2.05, 4.69) is 29.8 Å². The lowest BCUT2D eigenvalue weighted by atomic mass is 9.96. The van der Waals surface area contributed by atoms with Gasteiger partial charge in [-0.2, -0.15) is 0 Å². The molecule has 0 aromatic rings. The molecule has 66 valence electrons. The van der Waals surface area contributed by atoms with Crippen LogP contribution in [0.5, 0.6) is 0 Å². The van der Waals surface area contributed by atoms with Gasteiger partial charge in [0.25, 0.3) is 0 Å². The molecule has 0 radical (unpaired) electrons. The predicted octanol–water partition coefficient (Wildman–Crippen LogP) is 2.98. The van der Waals surface area contributed by atoms with Gasteiger partial charge in [0.15, 0.2) is 0 Å². The van der Waals surface area contributed by atoms with Gasteiger partial charge in [0, 0.05) is 11.9 Å². The second-order valence-corrected chi connectivity index (χ2v) is 5.10. The second-order valence-electron chi connectivity index (χ2n) is 3.73. The smallest absolute Gasteiger partial charge is 0.0548 e. The molecule has 0 spiro atoms. The zero-order valence-corrected chi connectivity index (χ0v) is 9.15. The van der Waals surface area contributed by atoms with E-state index in [0.29, 0.717) is 16.3 Å². The average Bonchev–Trinajstić information content (AvgIpc) is 2.69. The van der Waals surface area contributed by atoms with E-state index in [-0.39, 0.29) is 0 Å². The van der Waals surface area contributed by atoms with Gasteiger partial charge in [-0.3, -0.25) is 0 Å². The van der Waals surface area contributed by atoms with Crippen LogP contribution in [0, 0.1) is 5.41 Å². The minimum Gasteiger partial charge on any atom is -0.382 e. The summed E-state index contributed by atoms with van der Waals surface area (Å²) in [7, 11) is 1.79. The Morgan fingerprint density at radius 1 is 1.45 bits per heavy atom. The normalized spacial score (nSPS) is 26.2. The minimum atomic E-state index is 0.414. The van der Waals surface area contributed by atoms with E-state index >= 15 is 0 Å². The van der Waals surface area contributed by atoms with E-state index < -0.39 is 0 Å². The molecule has 2 unspecified atom stereocenters.